The fourth-order valence-corrected chi connectivity index (χ4v) is 2.82. The van der Waals surface area contributed by atoms with Gasteiger partial charge < -0.3 is 5.32 Å². The van der Waals surface area contributed by atoms with E-state index in [1.54, 1.807) is 24.3 Å². The first-order valence-electron chi connectivity index (χ1n) is 6.10. The van der Waals surface area contributed by atoms with E-state index < -0.39 is 26.1 Å². The summed E-state index contributed by atoms with van der Waals surface area (Å²) in [5.74, 6) is -0.576. The third-order valence-electron chi connectivity index (χ3n) is 2.85. The molecule has 0 unspecified atom stereocenters. The van der Waals surface area contributed by atoms with Gasteiger partial charge >= 0.3 is 5.51 Å². The van der Waals surface area contributed by atoms with Crippen molar-refractivity contribution in [2.45, 2.75) is 10.4 Å². The normalized spacial score (nSPS) is 12.0. The van der Waals surface area contributed by atoms with Gasteiger partial charge in [0, 0.05) is 10.0 Å². The van der Waals surface area contributed by atoms with Gasteiger partial charge in [-0.1, -0.05) is 12.1 Å². The van der Waals surface area contributed by atoms with E-state index in [9.17, 15) is 26.4 Å². The maximum atomic E-state index is 12.4. The molecule has 2 aromatic carbocycles. The lowest BCUT2D eigenvalue weighted by atomic mass is 10.2. The molecule has 0 aliphatic heterocycles. The molecule has 0 radical (unpaired) electrons. The number of rotatable bonds is 3. The summed E-state index contributed by atoms with van der Waals surface area (Å²) in [6, 6.07) is 10.3. The summed E-state index contributed by atoms with van der Waals surface area (Å²) in [7, 11) is -5.42. The Kier molecular flexibility index (Phi) is 4.81. The second-order valence-electron chi connectivity index (χ2n) is 4.41. The largest absolute Gasteiger partial charge is 0.501 e. The molecule has 0 heterocycles. The van der Waals surface area contributed by atoms with Crippen LogP contribution in [0.2, 0.25) is 0 Å². The van der Waals surface area contributed by atoms with Crippen LogP contribution in [0.4, 0.5) is 18.9 Å². The molecule has 23 heavy (non-hydrogen) atoms. The number of para-hydroxylation sites is 1. The molecule has 0 aromatic heterocycles. The number of alkyl halides is 3. The van der Waals surface area contributed by atoms with E-state index in [4.69, 9.17) is 0 Å². The average molecular weight is 408 g/mol. The fraction of sp³-hybridized carbons (Fsp3) is 0.0714. The van der Waals surface area contributed by atoms with Gasteiger partial charge in [-0.25, -0.2) is 8.42 Å². The first kappa shape index (κ1) is 17.5. The van der Waals surface area contributed by atoms with Crippen LogP contribution in [-0.2, 0) is 9.84 Å². The van der Waals surface area contributed by atoms with E-state index >= 15 is 0 Å². The molecule has 2 aromatic rings. The first-order chi connectivity index (χ1) is 10.6. The summed E-state index contributed by atoms with van der Waals surface area (Å²) in [5.41, 5.74) is -4.88. The number of carbonyl (C=O) groups is 1. The zero-order valence-electron chi connectivity index (χ0n) is 11.3. The van der Waals surface area contributed by atoms with E-state index in [2.05, 4.69) is 21.2 Å². The molecule has 9 heteroatoms. The van der Waals surface area contributed by atoms with Crippen LogP contribution in [0.15, 0.2) is 57.9 Å². The van der Waals surface area contributed by atoms with Gasteiger partial charge in [0.2, 0.25) is 0 Å². The molecule has 122 valence electrons. The number of hydrogen-bond donors (Lipinski definition) is 1. The van der Waals surface area contributed by atoms with Gasteiger partial charge in [-0.05, 0) is 52.3 Å². The van der Waals surface area contributed by atoms with Crippen LogP contribution in [0, 0.1) is 0 Å². The van der Waals surface area contributed by atoms with Crippen molar-refractivity contribution in [3.05, 3.63) is 58.6 Å². The summed E-state index contributed by atoms with van der Waals surface area (Å²) >= 11 is 3.24. The highest BCUT2D eigenvalue weighted by atomic mass is 79.9. The quantitative estimate of drug-likeness (QED) is 0.836. The molecule has 0 aliphatic carbocycles. The SMILES string of the molecule is O=C(Nc1ccccc1Br)c1ccc(S(=O)(=O)C(F)(F)F)cc1. The highest BCUT2D eigenvalue weighted by Gasteiger charge is 2.46. The summed E-state index contributed by atoms with van der Waals surface area (Å²) in [6.07, 6.45) is 0. The lowest BCUT2D eigenvalue weighted by molar-refractivity contribution is -0.0436. The zero-order chi connectivity index (χ0) is 17.3. The highest BCUT2D eigenvalue weighted by molar-refractivity contribution is 9.10. The molecule has 0 spiro atoms. The van der Waals surface area contributed by atoms with Gasteiger partial charge in [0.25, 0.3) is 15.7 Å². The molecule has 1 N–H and O–H groups in total. The second kappa shape index (κ2) is 6.32. The van der Waals surface area contributed by atoms with Crippen LogP contribution in [0.3, 0.4) is 0 Å². The number of carbonyl (C=O) groups excluding carboxylic acids is 1. The monoisotopic (exact) mass is 407 g/mol. The van der Waals surface area contributed by atoms with Crippen molar-refractivity contribution in [3.8, 4) is 0 Å². The Labute approximate surface area is 138 Å². The van der Waals surface area contributed by atoms with Crippen molar-refractivity contribution in [2.24, 2.45) is 0 Å². The maximum Gasteiger partial charge on any atom is 0.501 e. The molecule has 0 saturated heterocycles. The molecule has 0 atom stereocenters. The minimum atomic E-state index is -5.42. The van der Waals surface area contributed by atoms with E-state index in [0.717, 1.165) is 24.3 Å². The van der Waals surface area contributed by atoms with E-state index in [0.29, 0.717) is 10.2 Å². The van der Waals surface area contributed by atoms with E-state index in [1.807, 2.05) is 0 Å². The summed E-state index contributed by atoms with van der Waals surface area (Å²) in [5, 5.41) is 2.56. The van der Waals surface area contributed by atoms with E-state index in [-0.39, 0.29) is 5.56 Å². The Balaban J connectivity index is 2.24. The first-order valence-corrected chi connectivity index (χ1v) is 8.38. The van der Waals surface area contributed by atoms with Gasteiger partial charge in [0.1, 0.15) is 0 Å². The predicted molar refractivity (Wildman–Crippen MR) is 81.8 cm³/mol. The third-order valence-corrected chi connectivity index (χ3v) is 5.05. The van der Waals surface area contributed by atoms with Crippen LogP contribution >= 0.6 is 15.9 Å². The standard InChI is InChI=1S/C14H9BrF3NO3S/c15-11-3-1-2-4-12(11)19-13(20)9-5-7-10(8-6-9)23(21,22)14(16,17)18/h1-8H,(H,19,20). The van der Waals surface area contributed by atoms with Crippen molar-refractivity contribution in [3.63, 3.8) is 0 Å². The summed E-state index contributed by atoms with van der Waals surface area (Å²) in [4.78, 5) is 11.1. The molecule has 2 rings (SSSR count). The molecule has 0 aliphatic rings. The molecule has 4 nitrogen and oxygen atoms in total. The van der Waals surface area contributed by atoms with Crippen LogP contribution in [-0.4, -0.2) is 19.8 Å². The van der Waals surface area contributed by atoms with Gasteiger partial charge in [-0.2, -0.15) is 13.2 Å². The van der Waals surface area contributed by atoms with Crippen LogP contribution in [0.1, 0.15) is 10.4 Å². The van der Waals surface area contributed by atoms with Crippen LogP contribution in [0.5, 0.6) is 0 Å². The number of halogens is 4. The minimum Gasteiger partial charge on any atom is -0.321 e. The second-order valence-corrected chi connectivity index (χ2v) is 7.20. The molecule has 0 fully saturated rings. The van der Waals surface area contributed by atoms with Gasteiger partial charge in [-0.15, -0.1) is 0 Å². The fourth-order valence-electron chi connectivity index (χ4n) is 1.68. The lowest BCUT2D eigenvalue weighted by Gasteiger charge is -2.09. The van der Waals surface area contributed by atoms with Gasteiger partial charge in [0.15, 0.2) is 0 Å². The highest BCUT2D eigenvalue weighted by Crippen LogP contribution is 2.30. The Morgan fingerprint density at radius 1 is 1.00 bits per heavy atom. The number of amides is 1. The smallest absolute Gasteiger partial charge is 0.321 e. The van der Waals surface area contributed by atoms with Crippen molar-refractivity contribution in [1.82, 2.24) is 0 Å². The molecule has 1 amide bonds. The lowest BCUT2D eigenvalue weighted by Crippen LogP contribution is -2.23. The van der Waals surface area contributed by atoms with Gasteiger partial charge in [0.05, 0.1) is 10.6 Å². The molecule has 0 bridgehead atoms. The van der Waals surface area contributed by atoms with E-state index in [1.165, 1.54) is 0 Å². The Hall–Kier alpha value is -1.87. The number of anilines is 1. The topological polar surface area (TPSA) is 63.2 Å². The number of nitrogens with one attached hydrogen (secondary N) is 1. The molecular weight excluding hydrogens is 399 g/mol. The van der Waals surface area contributed by atoms with Crippen LogP contribution in [0.25, 0.3) is 0 Å². The summed E-state index contributed by atoms with van der Waals surface area (Å²) < 4.78 is 60.4. The zero-order valence-corrected chi connectivity index (χ0v) is 13.7. The summed E-state index contributed by atoms with van der Waals surface area (Å²) in [6.45, 7) is 0. The Morgan fingerprint density at radius 2 is 1.57 bits per heavy atom. The average Bonchev–Trinajstić information content (AvgIpc) is 2.48. The predicted octanol–water partition coefficient (Wildman–Crippen LogP) is 3.99. The number of hydrogen-bond acceptors (Lipinski definition) is 3. The Morgan fingerprint density at radius 3 is 2.09 bits per heavy atom. The maximum absolute atomic E-state index is 12.4. The molecule has 0 saturated carbocycles. The number of benzene rings is 2. The van der Waals surface area contributed by atoms with Gasteiger partial charge in [-0.3, -0.25) is 4.79 Å². The minimum absolute atomic E-state index is 0.0295. The van der Waals surface area contributed by atoms with Crippen molar-refractivity contribution in [2.75, 3.05) is 5.32 Å². The van der Waals surface area contributed by atoms with Crippen molar-refractivity contribution >= 4 is 37.4 Å². The van der Waals surface area contributed by atoms with Crippen molar-refractivity contribution < 1.29 is 26.4 Å². The third kappa shape index (κ3) is 3.73. The molecular formula is C14H9BrF3NO3S. The van der Waals surface area contributed by atoms with Crippen LogP contribution < -0.4 is 5.32 Å². The Bertz CT molecular complexity index is 833. The van der Waals surface area contributed by atoms with Crippen molar-refractivity contribution in [1.29, 1.82) is 0 Å². The number of sulfone groups is 1.